The lowest BCUT2D eigenvalue weighted by atomic mass is 9.69. The Morgan fingerprint density at radius 1 is 1.08 bits per heavy atom. The van der Waals surface area contributed by atoms with Gasteiger partial charge in [-0.15, -0.1) is 0 Å². The number of benzene rings is 1. The summed E-state index contributed by atoms with van der Waals surface area (Å²) in [5.41, 5.74) is 1.32. The van der Waals surface area contributed by atoms with Crippen LogP contribution in [0.25, 0.3) is 0 Å². The van der Waals surface area contributed by atoms with E-state index in [-0.39, 0.29) is 24.2 Å². The zero-order chi connectivity index (χ0) is 34.6. The number of carbonyl (C=O) groups is 3. The molecule has 11 heteroatoms. The minimum Gasteiger partial charge on any atom is -0.456 e. The van der Waals surface area contributed by atoms with E-state index in [1.807, 2.05) is 57.2 Å². The van der Waals surface area contributed by atoms with Crippen LogP contribution in [0.3, 0.4) is 0 Å². The van der Waals surface area contributed by atoms with E-state index in [2.05, 4.69) is 22.5 Å². The predicted octanol–water partition coefficient (Wildman–Crippen LogP) is 5.11. The van der Waals surface area contributed by atoms with Crippen LogP contribution in [-0.2, 0) is 35.0 Å². The van der Waals surface area contributed by atoms with Crippen LogP contribution in [0.4, 0.5) is 4.79 Å². The van der Waals surface area contributed by atoms with E-state index in [9.17, 15) is 19.5 Å². The van der Waals surface area contributed by atoms with Gasteiger partial charge >= 0.3 is 18.0 Å². The standard InChI is InChI=1S/C37H48N2O9/c1-21-17-22(2)37-19-27(33(48-37)32(23(3)24(4)40)47-34(41)29-13-10-16-38-29)14-15-28(37)18-30(44-6)35(42)46-31(21)25(5)45-36(43)39-20-26-11-8-7-9-12-26/h7-17,21,23-25,27-28,30-33,38,40H,18-20H2,1-6H3,(H,39,43)/b22-17+/t21-,23-,24+,25-,27-,28-,30+,31+,32-,33-,37+/m1/s1. The van der Waals surface area contributed by atoms with Gasteiger partial charge in [0.1, 0.15) is 30.1 Å². The van der Waals surface area contributed by atoms with Gasteiger partial charge in [-0.2, -0.15) is 0 Å². The van der Waals surface area contributed by atoms with Crippen molar-refractivity contribution in [2.24, 2.45) is 23.7 Å². The average molecular weight is 665 g/mol. The summed E-state index contributed by atoms with van der Waals surface area (Å²) in [6.45, 7) is 9.44. The summed E-state index contributed by atoms with van der Waals surface area (Å²) < 4.78 is 30.5. The highest BCUT2D eigenvalue weighted by Gasteiger charge is 2.57. The van der Waals surface area contributed by atoms with Crippen LogP contribution in [0.15, 0.2) is 72.5 Å². The topological polar surface area (TPSA) is 145 Å². The summed E-state index contributed by atoms with van der Waals surface area (Å²) in [5, 5.41) is 13.4. The highest BCUT2D eigenvalue weighted by Crippen LogP contribution is 2.53. The Bertz CT molecular complexity index is 1470. The number of fused-ring (bicyclic) bond motifs is 1. The smallest absolute Gasteiger partial charge is 0.407 e. The van der Waals surface area contributed by atoms with E-state index in [0.717, 1.165) is 11.1 Å². The number of aliphatic hydroxyl groups is 1. The number of aliphatic hydroxyl groups excluding tert-OH is 1. The fourth-order valence-corrected chi connectivity index (χ4v) is 7.25. The molecule has 5 rings (SSSR count). The van der Waals surface area contributed by atoms with Crippen molar-refractivity contribution >= 4 is 18.0 Å². The predicted molar refractivity (Wildman–Crippen MR) is 177 cm³/mol. The maximum absolute atomic E-state index is 13.6. The lowest BCUT2D eigenvalue weighted by molar-refractivity contribution is -0.172. The monoisotopic (exact) mass is 664 g/mol. The molecule has 2 bridgehead atoms. The molecule has 1 saturated heterocycles. The van der Waals surface area contributed by atoms with Crippen LogP contribution >= 0.6 is 0 Å². The van der Waals surface area contributed by atoms with E-state index in [1.165, 1.54) is 7.11 Å². The van der Waals surface area contributed by atoms with Crippen molar-refractivity contribution in [1.29, 1.82) is 0 Å². The molecular weight excluding hydrogens is 616 g/mol. The van der Waals surface area contributed by atoms with Crippen LogP contribution in [0.2, 0.25) is 0 Å². The third-order valence-corrected chi connectivity index (χ3v) is 10.2. The van der Waals surface area contributed by atoms with Crippen LogP contribution in [0.5, 0.6) is 0 Å². The minimum absolute atomic E-state index is 0.121. The number of aromatic amines is 1. The number of carbonyl (C=O) groups excluding carboxylic acids is 3. The van der Waals surface area contributed by atoms with E-state index < -0.39 is 66.2 Å². The van der Waals surface area contributed by atoms with E-state index in [1.54, 1.807) is 32.2 Å². The first-order valence-corrected chi connectivity index (χ1v) is 16.7. The SMILES string of the molecule is CO[C@H]1C[C@H]2C=C[C@@H]3C[C@]2(O[C@H]3[C@H](OC(=O)c2ccc[nH]2)[C@H](C)[C@H](C)O)/C(C)=C/[C@@H](C)[C@@H]([C@@H](C)OC(=O)NCc2ccccc2)OC1=O. The largest absolute Gasteiger partial charge is 0.456 e. The summed E-state index contributed by atoms with van der Waals surface area (Å²) in [6.07, 6.45) is 3.46. The molecule has 1 amide bonds. The molecule has 1 aromatic heterocycles. The Morgan fingerprint density at radius 3 is 2.50 bits per heavy atom. The molecule has 11 nitrogen and oxygen atoms in total. The van der Waals surface area contributed by atoms with Crippen molar-refractivity contribution in [1.82, 2.24) is 10.3 Å². The maximum Gasteiger partial charge on any atom is 0.407 e. The Kier molecular flexibility index (Phi) is 11.1. The first kappa shape index (κ1) is 35.4. The zero-order valence-corrected chi connectivity index (χ0v) is 28.5. The number of methoxy groups -OCH3 is 1. The maximum atomic E-state index is 13.6. The molecule has 1 spiro atoms. The van der Waals surface area contributed by atoms with Gasteiger partial charge < -0.3 is 39.1 Å². The van der Waals surface area contributed by atoms with Crippen molar-refractivity contribution < 1.29 is 43.2 Å². The van der Waals surface area contributed by atoms with Crippen molar-refractivity contribution in [3.63, 3.8) is 0 Å². The molecule has 0 unspecified atom stereocenters. The number of nitrogens with one attached hydrogen (secondary N) is 2. The van der Waals surface area contributed by atoms with Gasteiger partial charge in [-0.05, 0) is 56.9 Å². The zero-order valence-electron chi connectivity index (χ0n) is 28.5. The second kappa shape index (κ2) is 15.1. The van der Waals surface area contributed by atoms with Crippen molar-refractivity contribution in [3.8, 4) is 0 Å². The molecule has 2 aliphatic heterocycles. The number of aromatic nitrogens is 1. The number of esters is 2. The summed E-state index contributed by atoms with van der Waals surface area (Å²) in [7, 11) is 1.47. The van der Waals surface area contributed by atoms with Gasteiger partial charge in [0.15, 0.2) is 6.10 Å². The van der Waals surface area contributed by atoms with Gasteiger partial charge in [-0.1, -0.05) is 62.4 Å². The third-order valence-electron chi connectivity index (χ3n) is 10.2. The third kappa shape index (κ3) is 7.53. The first-order valence-electron chi connectivity index (χ1n) is 16.7. The second-order valence-electron chi connectivity index (χ2n) is 13.4. The fraction of sp³-hybridized carbons (Fsp3) is 0.541. The molecule has 3 aliphatic rings. The summed E-state index contributed by atoms with van der Waals surface area (Å²) in [4.78, 5) is 42.4. The summed E-state index contributed by atoms with van der Waals surface area (Å²) in [5.74, 6) is -2.26. The molecule has 11 atom stereocenters. The minimum atomic E-state index is -0.909. The summed E-state index contributed by atoms with van der Waals surface area (Å²) in [6, 6.07) is 12.8. The van der Waals surface area contributed by atoms with Gasteiger partial charge in [0.2, 0.25) is 0 Å². The number of hydrogen-bond acceptors (Lipinski definition) is 9. The first-order chi connectivity index (χ1) is 22.9. The highest BCUT2D eigenvalue weighted by molar-refractivity contribution is 5.87. The lowest BCUT2D eigenvalue weighted by Gasteiger charge is -2.41. The quantitative estimate of drug-likeness (QED) is 0.179. The van der Waals surface area contributed by atoms with Crippen molar-refractivity contribution in [2.45, 2.75) is 96.2 Å². The van der Waals surface area contributed by atoms with Gasteiger partial charge in [0.05, 0.1) is 11.7 Å². The molecule has 260 valence electrons. The second-order valence-corrected chi connectivity index (χ2v) is 13.4. The van der Waals surface area contributed by atoms with E-state index in [4.69, 9.17) is 23.7 Å². The van der Waals surface area contributed by atoms with Crippen LogP contribution in [0, 0.1) is 23.7 Å². The van der Waals surface area contributed by atoms with Crippen molar-refractivity contribution in [3.05, 3.63) is 83.7 Å². The van der Waals surface area contributed by atoms with Gasteiger partial charge in [-0.25, -0.2) is 14.4 Å². The van der Waals surface area contributed by atoms with E-state index >= 15 is 0 Å². The number of cyclic esters (lactones) is 1. The van der Waals surface area contributed by atoms with Crippen molar-refractivity contribution in [2.75, 3.05) is 7.11 Å². The number of amides is 1. The van der Waals surface area contributed by atoms with Gasteiger partial charge in [-0.3, -0.25) is 0 Å². The molecule has 48 heavy (non-hydrogen) atoms. The normalized spacial score (nSPS) is 32.0. The summed E-state index contributed by atoms with van der Waals surface area (Å²) >= 11 is 0. The molecule has 2 aromatic rings. The molecule has 0 radical (unpaired) electrons. The average Bonchev–Trinajstić information content (AvgIpc) is 3.72. The van der Waals surface area contributed by atoms with Crippen LogP contribution < -0.4 is 5.32 Å². The molecule has 1 fully saturated rings. The molecule has 1 aliphatic carbocycles. The molecule has 1 aromatic carbocycles. The molecular formula is C37H48N2O9. The molecule has 0 saturated carbocycles. The number of H-pyrrole nitrogens is 1. The van der Waals surface area contributed by atoms with Crippen LogP contribution in [0.1, 0.15) is 63.5 Å². The number of ether oxygens (including phenoxy) is 5. The van der Waals surface area contributed by atoms with Gasteiger partial charge in [0.25, 0.3) is 0 Å². The lowest BCUT2D eigenvalue weighted by Crippen LogP contribution is -2.48. The fourth-order valence-electron chi connectivity index (χ4n) is 7.25. The Hall–Kier alpha value is -3.93. The van der Waals surface area contributed by atoms with Gasteiger partial charge in [0, 0.05) is 43.5 Å². The van der Waals surface area contributed by atoms with Crippen LogP contribution in [-0.4, -0.2) is 77.5 Å². The number of rotatable bonds is 10. The highest BCUT2D eigenvalue weighted by atomic mass is 16.6. The Labute approximate surface area is 282 Å². The Balaban J connectivity index is 1.41. The van der Waals surface area contributed by atoms with E-state index in [0.29, 0.717) is 18.7 Å². The number of alkyl carbamates (subject to hydrolysis) is 1. The molecule has 3 heterocycles. The molecule has 3 N–H and O–H groups in total. The number of hydrogen-bond donors (Lipinski definition) is 3. The Morgan fingerprint density at radius 2 is 1.83 bits per heavy atom.